The molecule has 20 heavy (non-hydrogen) atoms. The fourth-order valence-electron chi connectivity index (χ4n) is 1.43. The van der Waals surface area contributed by atoms with Gasteiger partial charge in [0.25, 0.3) is 5.91 Å². The second kappa shape index (κ2) is 8.87. The van der Waals surface area contributed by atoms with Gasteiger partial charge < -0.3 is 21.1 Å². The second-order valence-electron chi connectivity index (χ2n) is 4.13. The van der Waals surface area contributed by atoms with Gasteiger partial charge >= 0.3 is 0 Å². The molecule has 7 nitrogen and oxygen atoms in total. The van der Waals surface area contributed by atoms with Gasteiger partial charge in [-0.25, -0.2) is 0 Å². The minimum Gasteiger partial charge on any atom is -0.385 e. The van der Waals surface area contributed by atoms with E-state index < -0.39 is 5.91 Å². The highest BCUT2D eigenvalue weighted by Gasteiger charge is 2.07. The van der Waals surface area contributed by atoms with E-state index in [1.807, 2.05) is 6.07 Å². The molecule has 0 aromatic carbocycles. The zero-order valence-corrected chi connectivity index (χ0v) is 11.5. The molecule has 0 saturated carbocycles. The number of amides is 2. The van der Waals surface area contributed by atoms with Gasteiger partial charge in [-0.1, -0.05) is 6.92 Å². The van der Waals surface area contributed by atoms with Crippen LogP contribution in [-0.4, -0.2) is 43.1 Å². The third-order valence-corrected chi connectivity index (χ3v) is 2.35. The van der Waals surface area contributed by atoms with E-state index in [1.54, 1.807) is 12.3 Å². The fourth-order valence-corrected chi connectivity index (χ4v) is 1.43. The SMILES string of the molecule is CCCNc1ccnc(C(=O)NCCOCC(N)=O)c1. The van der Waals surface area contributed by atoms with E-state index >= 15 is 0 Å². The summed E-state index contributed by atoms with van der Waals surface area (Å²) in [5.41, 5.74) is 6.11. The van der Waals surface area contributed by atoms with Gasteiger partial charge in [0.2, 0.25) is 5.91 Å². The molecule has 0 aliphatic heterocycles. The second-order valence-corrected chi connectivity index (χ2v) is 4.13. The van der Waals surface area contributed by atoms with E-state index in [1.165, 1.54) is 0 Å². The van der Waals surface area contributed by atoms with Gasteiger partial charge in [-0.15, -0.1) is 0 Å². The van der Waals surface area contributed by atoms with Crippen LogP contribution < -0.4 is 16.4 Å². The molecule has 1 aromatic rings. The molecule has 1 aromatic heterocycles. The summed E-state index contributed by atoms with van der Waals surface area (Å²) < 4.78 is 4.94. The number of hydrogen-bond donors (Lipinski definition) is 3. The van der Waals surface area contributed by atoms with E-state index in [0.29, 0.717) is 12.2 Å². The van der Waals surface area contributed by atoms with Crippen LogP contribution in [0.5, 0.6) is 0 Å². The number of pyridine rings is 1. The van der Waals surface area contributed by atoms with Gasteiger partial charge in [0.15, 0.2) is 0 Å². The van der Waals surface area contributed by atoms with Gasteiger partial charge in [-0.3, -0.25) is 14.6 Å². The highest BCUT2D eigenvalue weighted by atomic mass is 16.5. The Bertz CT molecular complexity index is 451. The molecule has 4 N–H and O–H groups in total. The van der Waals surface area contributed by atoms with Gasteiger partial charge in [-0.2, -0.15) is 0 Å². The summed E-state index contributed by atoms with van der Waals surface area (Å²) in [5, 5.41) is 5.83. The first-order chi connectivity index (χ1) is 9.63. The number of nitrogens with two attached hydrogens (primary N) is 1. The number of hydrogen-bond acceptors (Lipinski definition) is 5. The van der Waals surface area contributed by atoms with E-state index in [0.717, 1.165) is 18.7 Å². The molecule has 0 aliphatic carbocycles. The standard InChI is InChI=1S/C13H20N4O3/c1-2-4-15-10-3-5-16-11(8-10)13(19)17-6-7-20-9-12(14)18/h3,5,8H,2,4,6-7,9H2,1H3,(H2,14,18)(H,15,16)(H,17,19). The number of carbonyl (C=O) groups excluding carboxylic acids is 2. The average Bonchev–Trinajstić information content (AvgIpc) is 2.44. The zero-order chi connectivity index (χ0) is 14.8. The number of anilines is 1. The Morgan fingerprint density at radius 1 is 1.40 bits per heavy atom. The summed E-state index contributed by atoms with van der Waals surface area (Å²) in [4.78, 5) is 26.3. The van der Waals surface area contributed by atoms with Gasteiger partial charge in [0, 0.05) is 25.0 Å². The third-order valence-electron chi connectivity index (χ3n) is 2.35. The number of rotatable bonds is 9. The van der Waals surface area contributed by atoms with Crippen molar-refractivity contribution in [2.45, 2.75) is 13.3 Å². The van der Waals surface area contributed by atoms with Crippen molar-refractivity contribution in [2.75, 3.05) is 31.6 Å². The van der Waals surface area contributed by atoms with Crippen molar-refractivity contribution in [3.05, 3.63) is 24.0 Å². The molecule has 0 bridgehead atoms. The van der Waals surface area contributed by atoms with Crippen LogP contribution in [-0.2, 0) is 9.53 Å². The zero-order valence-electron chi connectivity index (χ0n) is 11.5. The number of nitrogens with zero attached hydrogens (tertiary/aromatic N) is 1. The quantitative estimate of drug-likeness (QED) is 0.558. The van der Waals surface area contributed by atoms with E-state index in [4.69, 9.17) is 10.5 Å². The minimum atomic E-state index is -0.535. The van der Waals surface area contributed by atoms with Crippen LogP contribution in [0.25, 0.3) is 0 Å². The maximum Gasteiger partial charge on any atom is 0.270 e. The number of primary amides is 1. The fraction of sp³-hybridized carbons (Fsp3) is 0.462. The van der Waals surface area contributed by atoms with E-state index in [9.17, 15) is 9.59 Å². The molecule has 1 heterocycles. The lowest BCUT2D eigenvalue weighted by molar-refractivity contribution is -0.122. The normalized spacial score (nSPS) is 10.1. The van der Waals surface area contributed by atoms with Gasteiger partial charge in [0.1, 0.15) is 12.3 Å². The van der Waals surface area contributed by atoms with Crippen LogP contribution in [0.15, 0.2) is 18.3 Å². The van der Waals surface area contributed by atoms with Gasteiger partial charge in [0.05, 0.1) is 6.61 Å². The van der Waals surface area contributed by atoms with Crippen LogP contribution in [0.3, 0.4) is 0 Å². The first kappa shape index (κ1) is 15.9. The maximum absolute atomic E-state index is 11.8. The highest BCUT2D eigenvalue weighted by molar-refractivity contribution is 5.93. The molecule has 7 heteroatoms. The van der Waals surface area contributed by atoms with Crippen molar-refractivity contribution in [3.63, 3.8) is 0 Å². The van der Waals surface area contributed by atoms with Crippen LogP contribution in [0.2, 0.25) is 0 Å². The summed E-state index contributed by atoms with van der Waals surface area (Å²) in [6.45, 7) is 3.27. The topological polar surface area (TPSA) is 106 Å². The van der Waals surface area contributed by atoms with Gasteiger partial charge in [-0.05, 0) is 18.6 Å². The Morgan fingerprint density at radius 2 is 2.20 bits per heavy atom. The summed E-state index contributed by atoms with van der Waals surface area (Å²) in [7, 11) is 0. The van der Waals surface area contributed by atoms with Crippen molar-refractivity contribution < 1.29 is 14.3 Å². The van der Waals surface area contributed by atoms with Crippen LogP contribution in [0.4, 0.5) is 5.69 Å². The molecule has 0 unspecified atom stereocenters. The Hall–Kier alpha value is -2.15. The molecule has 0 radical (unpaired) electrons. The lowest BCUT2D eigenvalue weighted by Gasteiger charge is -2.07. The lowest BCUT2D eigenvalue weighted by Crippen LogP contribution is -2.29. The number of carbonyl (C=O) groups is 2. The Labute approximate surface area is 117 Å². The summed E-state index contributed by atoms with van der Waals surface area (Å²) in [5.74, 6) is -0.819. The third kappa shape index (κ3) is 6.14. The Kier molecular flexibility index (Phi) is 7.05. The van der Waals surface area contributed by atoms with Crippen molar-refractivity contribution in [2.24, 2.45) is 5.73 Å². The van der Waals surface area contributed by atoms with Crippen molar-refractivity contribution in [1.82, 2.24) is 10.3 Å². The van der Waals surface area contributed by atoms with Crippen molar-refractivity contribution in [3.8, 4) is 0 Å². The van der Waals surface area contributed by atoms with Crippen LogP contribution >= 0.6 is 0 Å². The highest BCUT2D eigenvalue weighted by Crippen LogP contribution is 2.07. The predicted molar refractivity (Wildman–Crippen MR) is 75.4 cm³/mol. The molecule has 0 aliphatic rings. The number of nitrogens with one attached hydrogen (secondary N) is 2. The first-order valence-corrected chi connectivity index (χ1v) is 6.47. The van der Waals surface area contributed by atoms with E-state index in [-0.39, 0.29) is 19.1 Å². The lowest BCUT2D eigenvalue weighted by atomic mass is 10.3. The average molecular weight is 280 g/mol. The smallest absolute Gasteiger partial charge is 0.270 e. The Morgan fingerprint density at radius 3 is 2.90 bits per heavy atom. The maximum atomic E-state index is 11.8. The molecule has 0 fully saturated rings. The summed E-state index contributed by atoms with van der Waals surface area (Å²) in [6, 6.07) is 3.50. The first-order valence-electron chi connectivity index (χ1n) is 6.47. The van der Waals surface area contributed by atoms with Crippen molar-refractivity contribution >= 4 is 17.5 Å². The molecule has 1 rings (SSSR count). The predicted octanol–water partition coefficient (Wildman–Crippen LogP) is 0.135. The molecule has 110 valence electrons. The van der Waals surface area contributed by atoms with Crippen LogP contribution in [0.1, 0.15) is 23.8 Å². The minimum absolute atomic E-state index is 0.148. The summed E-state index contributed by atoms with van der Waals surface area (Å²) >= 11 is 0. The number of ether oxygens (including phenoxy) is 1. The molecular formula is C13H20N4O3. The molecule has 0 atom stereocenters. The van der Waals surface area contributed by atoms with Crippen molar-refractivity contribution in [1.29, 1.82) is 0 Å². The van der Waals surface area contributed by atoms with E-state index in [2.05, 4.69) is 22.5 Å². The molecular weight excluding hydrogens is 260 g/mol. The molecule has 0 spiro atoms. The Balaban J connectivity index is 2.37. The largest absolute Gasteiger partial charge is 0.385 e. The number of aromatic nitrogens is 1. The summed E-state index contributed by atoms with van der Waals surface area (Å²) in [6.07, 6.45) is 2.58. The van der Waals surface area contributed by atoms with Crippen LogP contribution in [0, 0.1) is 0 Å². The monoisotopic (exact) mass is 280 g/mol. The molecule has 2 amide bonds. The molecule has 0 saturated heterocycles.